The minimum atomic E-state index is -1.04. The molecule has 0 saturated carbocycles. The van der Waals surface area contributed by atoms with Crippen LogP contribution in [0.3, 0.4) is 0 Å². The van der Waals surface area contributed by atoms with E-state index >= 15 is 0 Å². The number of furan rings is 1. The van der Waals surface area contributed by atoms with Crippen LogP contribution in [0, 0.1) is 17.0 Å². The molecule has 0 unspecified atom stereocenters. The topological polar surface area (TPSA) is 148 Å². The average Bonchev–Trinajstić information content (AvgIpc) is 3.39. The maximum atomic E-state index is 12.7. The lowest BCUT2D eigenvalue weighted by Gasteiger charge is -2.11. The predicted molar refractivity (Wildman–Crippen MR) is 126 cm³/mol. The summed E-state index contributed by atoms with van der Waals surface area (Å²) in [6.45, 7) is 1.25. The molecule has 1 N–H and O–H groups in total. The molecule has 0 atom stereocenters. The van der Waals surface area contributed by atoms with Gasteiger partial charge in [-0.2, -0.15) is 0 Å². The summed E-state index contributed by atoms with van der Waals surface area (Å²) in [5, 5.41) is 19.2. The average molecular weight is 492 g/mol. The molecule has 35 heavy (non-hydrogen) atoms. The number of nitrogens with zero attached hydrogens (tertiary/aromatic N) is 2. The molecule has 0 radical (unpaired) electrons. The fourth-order valence-electron chi connectivity index (χ4n) is 3.42. The molecule has 0 spiro atoms. The van der Waals surface area contributed by atoms with Crippen molar-refractivity contribution in [2.45, 2.75) is 6.92 Å². The van der Waals surface area contributed by atoms with Gasteiger partial charge in [-0.15, -0.1) is 0 Å². The van der Waals surface area contributed by atoms with E-state index in [0.717, 1.165) is 4.90 Å². The minimum absolute atomic E-state index is 0.0744. The molecule has 1 fully saturated rings. The number of imide groups is 1. The van der Waals surface area contributed by atoms with E-state index in [1.165, 1.54) is 42.5 Å². The number of ketones is 1. The van der Waals surface area contributed by atoms with Crippen LogP contribution < -0.4 is 0 Å². The van der Waals surface area contributed by atoms with Gasteiger partial charge in [0.1, 0.15) is 11.5 Å². The van der Waals surface area contributed by atoms with Crippen molar-refractivity contribution >= 4 is 46.4 Å². The van der Waals surface area contributed by atoms with Gasteiger partial charge in [0.05, 0.1) is 21.9 Å². The second kappa shape index (κ2) is 9.39. The van der Waals surface area contributed by atoms with Gasteiger partial charge in [0.15, 0.2) is 5.78 Å². The summed E-state index contributed by atoms with van der Waals surface area (Å²) in [6.07, 6.45) is 1.39. The fraction of sp³-hybridized carbons (Fsp3) is 0.0833. The van der Waals surface area contributed by atoms with Crippen LogP contribution in [-0.4, -0.2) is 44.4 Å². The van der Waals surface area contributed by atoms with E-state index in [0.29, 0.717) is 34.4 Å². The first kappa shape index (κ1) is 23.6. The molecule has 2 heterocycles. The van der Waals surface area contributed by atoms with Gasteiger partial charge in [-0.05, 0) is 60.6 Å². The number of carboxylic acid groups (broad SMARTS) is 1. The number of nitro benzene ring substituents is 1. The summed E-state index contributed by atoms with van der Waals surface area (Å²) in [5.74, 6) is -1.48. The standard InChI is InChI=1S/C24H16N2O8S/c1-13-10-15(23(29)30)4-8-18(13)20-9-7-17(34-20)11-21-22(28)25(24(31)35-21)12-19(27)14-2-5-16(6-3-14)26(32)33/h2-11H,12H2,1H3,(H,29,30)/b21-11+. The molecule has 2 aromatic carbocycles. The summed E-state index contributed by atoms with van der Waals surface area (Å²) in [6, 6.07) is 12.8. The number of nitro groups is 1. The summed E-state index contributed by atoms with van der Waals surface area (Å²) in [4.78, 5) is 59.8. The Morgan fingerprint density at radius 2 is 1.77 bits per heavy atom. The number of Topliss-reactive ketones (excluding diaryl/α,β-unsaturated/α-hetero) is 1. The molecule has 2 amide bonds. The molecule has 1 saturated heterocycles. The molecular weight excluding hydrogens is 476 g/mol. The van der Waals surface area contributed by atoms with Gasteiger partial charge in [0.2, 0.25) is 0 Å². The number of aromatic carboxylic acids is 1. The number of carbonyl (C=O) groups excluding carboxylic acids is 3. The molecule has 10 nitrogen and oxygen atoms in total. The second-order valence-electron chi connectivity index (χ2n) is 7.53. The van der Waals surface area contributed by atoms with Gasteiger partial charge in [-0.3, -0.25) is 29.4 Å². The summed E-state index contributed by atoms with van der Waals surface area (Å²) < 4.78 is 5.77. The number of thioether (sulfide) groups is 1. The van der Waals surface area contributed by atoms with Gasteiger partial charge in [0.25, 0.3) is 16.8 Å². The Morgan fingerprint density at radius 3 is 2.40 bits per heavy atom. The Balaban J connectivity index is 1.49. The Morgan fingerprint density at radius 1 is 1.09 bits per heavy atom. The van der Waals surface area contributed by atoms with E-state index in [4.69, 9.17) is 9.52 Å². The van der Waals surface area contributed by atoms with E-state index in [9.17, 15) is 29.3 Å². The van der Waals surface area contributed by atoms with E-state index < -0.39 is 34.4 Å². The zero-order valence-electron chi connectivity index (χ0n) is 18.1. The van der Waals surface area contributed by atoms with Crippen molar-refractivity contribution in [3.63, 3.8) is 0 Å². The van der Waals surface area contributed by atoms with Crippen LogP contribution in [0.4, 0.5) is 10.5 Å². The monoisotopic (exact) mass is 492 g/mol. The highest BCUT2D eigenvalue weighted by atomic mass is 32.2. The number of carboxylic acids is 1. The van der Waals surface area contributed by atoms with Gasteiger partial charge in [-0.25, -0.2) is 4.79 Å². The molecule has 1 aliphatic heterocycles. The number of benzene rings is 2. The van der Waals surface area contributed by atoms with Crippen LogP contribution in [0.2, 0.25) is 0 Å². The van der Waals surface area contributed by atoms with Crippen LogP contribution in [-0.2, 0) is 4.79 Å². The molecular formula is C24H16N2O8S. The summed E-state index contributed by atoms with van der Waals surface area (Å²) >= 11 is 0.665. The highest BCUT2D eigenvalue weighted by Crippen LogP contribution is 2.34. The normalized spacial score (nSPS) is 14.5. The van der Waals surface area contributed by atoms with Gasteiger partial charge < -0.3 is 9.52 Å². The molecule has 1 aromatic heterocycles. The smallest absolute Gasteiger partial charge is 0.335 e. The quantitative estimate of drug-likeness (QED) is 0.213. The zero-order chi connectivity index (χ0) is 25.3. The fourth-order valence-corrected chi connectivity index (χ4v) is 4.24. The number of non-ortho nitro benzene ring substituents is 1. The first-order valence-electron chi connectivity index (χ1n) is 10.1. The molecule has 4 rings (SSSR count). The Bertz CT molecular complexity index is 1420. The maximum absolute atomic E-state index is 12.7. The SMILES string of the molecule is Cc1cc(C(=O)O)ccc1-c1ccc(/C=C2/SC(=O)N(CC(=O)c3ccc([N+](=O)[O-])cc3)C2=O)o1. The second-order valence-corrected chi connectivity index (χ2v) is 8.53. The van der Waals surface area contributed by atoms with Gasteiger partial charge in [0, 0.05) is 29.3 Å². The van der Waals surface area contributed by atoms with E-state index in [2.05, 4.69) is 0 Å². The number of aryl methyl sites for hydroxylation is 1. The van der Waals surface area contributed by atoms with Gasteiger partial charge >= 0.3 is 5.97 Å². The Labute approximate surface area is 202 Å². The molecule has 11 heteroatoms. The van der Waals surface area contributed by atoms with Crippen molar-refractivity contribution in [3.05, 3.63) is 92.1 Å². The lowest BCUT2D eigenvalue weighted by molar-refractivity contribution is -0.384. The predicted octanol–water partition coefficient (Wildman–Crippen LogP) is 4.78. The highest BCUT2D eigenvalue weighted by Gasteiger charge is 2.36. The molecule has 0 bridgehead atoms. The summed E-state index contributed by atoms with van der Waals surface area (Å²) in [5.41, 5.74) is 1.47. The Kier molecular flexibility index (Phi) is 6.34. The van der Waals surface area contributed by atoms with Crippen molar-refractivity contribution in [1.29, 1.82) is 0 Å². The highest BCUT2D eigenvalue weighted by molar-refractivity contribution is 8.18. The van der Waals surface area contributed by atoms with Crippen molar-refractivity contribution < 1.29 is 33.6 Å². The van der Waals surface area contributed by atoms with Crippen molar-refractivity contribution in [1.82, 2.24) is 4.90 Å². The lowest BCUT2D eigenvalue weighted by atomic mass is 10.0. The van der Waals surface area contributed by atoms with Crippen molar-refractivity contribution in [2.75, 3.05) is 6.54 Å². The lowest BCUT2D eigenvalue weighted by Crippen LogP contribution is -2.33. The van der Waals surface area contributed by atoms with Crippen LogP contribution >= 0.6 is 11.8 Å². The number of amides is 2. The number of hydrogen-bond donors (Lipinski definition) is 1. The maximum Gasteiger partial charge on any atom is 0.335 e. The number of hydrogen-bond acceptors (Lipinski definition) is 8. The number of rotatable bonds is 7. The van der Waals surface area contributed by atoms with E-state index in [1.54, 1.807) is 25.1 Å². The molecule has 0 aliphatic carbocycles. The largest absolute Gasteiger partial charge is 0.478 e. The first-order valence-corrected chi connectivity index (χ1v) is 10.9. The number of carbonyl (C=O) groups is 4. The van der Waals surface area contributed by atoms with Crippen LogP contribution in [0.5, 0.6) is 0 Å². The van der Waals surface area contributed by atoms with Crippen LogP contribution in [0.25, 0.3) is 17.4 Å². The third-order valence-corrected chi connectivity index (χ3v) is 6.12. The van der Waals surface area contributed by atoms with E-state index in [1.807, 2.05) is 0 Å². The van der Waals surface area contributed by atoms with Crippen LogP contribution in [0.1, 0.15) is 32.0 Å². The molecule has 1 aliphatic rings. The minimum Gasteiger partial charge on any atom is -0.478 e. The third kappa shape index (κ3) is 4.89. The van der Waals surface area contributed by atoms with Crippen molar-refractivity contribution in [3.8, 4) is 11.3 Å². The van der Waals surface area contributed by atoms with Gasteiger partial charge in [-0.1, -0.05) is 6.07 Å². The first-order chi connectivity index (χ1) is 16.6. The third-order valence-electron chi connectivity index (χ3n) is 5.21. The molecule has 176 valence electrons. The zero-order valence-corrected chi connectivity index (χ0v) is 18.9. The van der Waals surface area contributed by atoms with E-state index in [-0.39, 0.29) is 21.7 Å². The summed E-state index contributed by atoms with van der Waals surface area (Å²) in [7, 11) is 0. The Hall–Kier alpha value is -4.51. The molecule has 3 aromatic rings. The van der Waals surface area contributed by atoms with Crippen molar-refractivity contribution in [2.24, 2.45) is 0 Å². The van der Waals surface area contributed by atoms with Crippen LogP contribution in [0.15, 0.2) is 63.9 Å².